The van der Waals surface area contributed by atoms with Crippen molar-refractivity contribution in [3.05, 3.63) is 34.1 Å². The molecule has 0 bridgehead atoms. The van der Waals surface area contributed by atoms with Gasteiger partial charge in [-0.25, -0.2) is 4.39 Å². The summed E-state index contributed by atoms with van der Waals surface area (Å²) in [6.45, 7) is 3.76. The smallest absolute Gasteiger partial charge is 0.238 e. The molecule has 0 heterocycles. The minimum atomic E-state index is -0.285. The number of benzene rings is 1. The number of hydrogen-bond acceptors (Lipinski definition) is 2. The first kappa shape index (κ1) is 15.1. The Kier molecular flexibility index (Phi) is 5.28. The highest BCUT2D eigenvalue weighted by Gasteiger charge is 2.18. The van der Waals surface area contributed by atoms with Crippen molar-refractivity contribution < 1.29 is 9.18 Å². The predicted octanol–water partition coefficient (Wildman–Crippen LogP) is 2.72. The van der Waals surface area contributed by atoms with Gasteiger partial charge in [0.1, 0.15) is 5.82 Å². The summed E-state index contributed by atoms with van der Waals surface area (Å²) in [6, 6.07) is 4.22. The SMILES string of the molecule is CC(NC(C)c1ccc(F)cc1Br)C(=O)N(C)C. The Morgan fingerprint density at radius 2 is 2.00 bits per heavy atom. The average Bonchev–Trinajstić information content (AvgIpc) is 2.27. The quantitative estimate of drug-likeness (QED) is 0.926. The van der Waals surface area contributed by atoms with Gasteiger partial charge in [-0.1, -0.05) is 22.0 Å². The number of halogens is 2. The van der Waals surface area contributed by atoms with Crippen LogP contribution < -0.4 is 5.32 Å². The van der Waals surface area contributed by atoms with Gasteiger partial charge in [-0.2, -0.15) is 0 Å². The van der Waals surface area contributed by atoms with Gasteiger partial charge in [0.05, 0.1) is 6.04 Å². The molecule has 1 N–H and O–H groups in total. The first-order chi connectivity index (χ1) is 8.32. The molecule has 3 nitrogen and oxygen atoms in total. The number of carbonyl (C=O) groups is 1. The van der Waals surface area contributed by atoms with E-state index in [4.69, 9.17) is 0 Å². The van der Waals surface area contributed by atoms with Gasteiger partial charge in [-0.05, 0) is 31.5 Å². The number of hydrogen-bond donors (Lipinski definition) is 1. The van der Waals surface area contributed by atoms with Gasteiger partial charge in [0.15, 0.2) is 0 Å². The monoisotopic (exact) mass is 316 g/mol. The Labute approximate surface area is 115 Å². The first-order valence-corrected chi connectivity index (χ1v) is 6.54. The third kappa shape index (κ3) is 3.78. The Bertz CT molecular complexity index is 437. The van der Waals surface area contributed by atoms with Gasteiger partial charge < -0.3 is 4.90 Å². The topological polar surface area (TPSA) is 32.3 Å². The van der Waals surface area contributed by atoms with Gasteiger partial charge in [0.2, 0.25) is 5.91 Å². The molecule has 0 aliphatic heterocycles. The van der Waals surface area contributed by atoms with Gasteiger partial charge in [-0.3, -0.25) is 10.1 Å². The zero-order valence-corrected chi connectivity index (χ0v) is 12.6. The summed E-state index contributed by atoms with van der Waals surface area (Å²) in [6.07, 6.45) is 0. The molecule has 1 rings (SSSR count). The molecule has 0 fully saturated rings. The van der Waals surface area contributed by atoms with E-state index in [0.29, 0.717) is 4.47 Å². The van der Waals surface area contributed by atoms with E-state index < -0.39 is 0 Å². The third-order valence-corrected chi connectivity index (χ3v) is 3.43. The average molecular weight is 317 g/mol. The van der Waals surface area contributed by atoms with E-state index in [1.165, 1.54) is 12.1 Å². The molecule has 0 aromatic heterocycles. The first-order valence-electron chi connectivity index (χ1n) is 5.75. The largest absolute Gasteiger partial charge is 0.347 e. The van der Waals surface area contributed by atoms with Gasteiger partial charge in [-0.15, -0.1) is 0 Å². The fourth-order valence-corrected chi connectivity index (χ4v) is 2.47. The van der Waals surface area contributed by atoms with E-state index >= 15 is 0 Å². The molecule has 1 aromatic rings. The summed E-state index contributed by atoms with van der Waals surface area (Å²) < 4.78 is 13.7. The van der Waals surface area contributed by atoms with E-state index in [-0.39, 0.29) is 23.8 Å². The van der Waals surface area contributed by atoms with Crippen LogP contribution in [-0.4, -0.2) is 30.9 Å². The maximum Gasteiger partial charge on any atom is 0.238 e. The molecule has 2 atom stereocenters. The van der Waals surface area contributed by atoms with Crippen LogP contribution >= 0.6 is 15.9 Å². The van der Waals surface area contributed by atoms with Crippen molar-refractivity contribution in [3.8, 4) is 0 Å². The molecule has 1 amide bonds. The van der Waals surface area contributed by atoms with E-state index in [2.05, 4.69) is 21.2 Å². The van der Waals surface area contributed by atoms with E-state index in [1.54, 1.807) is 25.1 Å². The van der Waals surface area contributed by atoms with Crippen LogP contribution in [0.3, 0.4) is 0 Å². The molecule has 0 aliphatic rings. The van der Waals surface area contributed by atoms with Crippen LogP contribution in [0.1, 0.15) is 25.5 Å². The summed E-state index contributed by atoms with van der Waals surface area (Å²) in [5.74, 6) is -0.268. The van der Waals surface area contributed by atoms with Crippen LogP contribution in [-0.2, 0) is 4.79 Å². The van der Waals surface area contributed by atoms with Gasteiger partial charge in [0, 0.05) is 24.6 Å². The second-order valence-electron chi connectivity index (χ2n) is 4.51. The van der Waals surface area contributed by atoms with Crippen molar-refractivity contribution in [2.75, 3.05) is 14.1 Å². The van der Waals surface area contributed by atoms with E-state index in [9.17, 15) is 9.18 Å². The molecule has 0 aliphatic carbocycles. The molecule has 0 saturated carbocycles. The second kappa shape index (κ2) is 6.29. The molecule has 2 unspecified atom stereocenters. The Hall–Kier alpha value is -0.940. The summed E-state index contributed by atoms with van der Waals surface area (Å²) in [5.41, 5.74) is 0.926. The Balaban J connectivity index is 2.76. The molecule has 0 saturated heterocycles. The van der Waals surface area contributed by atoms with Crippen molar-refractivity contribution in [2.24, 2.45) is 0 Å². The summed E-state index contributed by atoms with van der Waals surface area (Å²) in [5, 5.41) is 3.19. The van der Waals surface area contributed by atoms with Crippen molar-refractivity contribution in [3.63, 3.8) is 0 Å². The van der Waals surface area contributed by atoms with E-state index in [1.807, 2.05) is 13.8 Å². The highest BCUT2D eigenvalue weighted by molar-refractivity contribution is 9.10. The van der Waals surface area contributed by atoms with Crippen LogP contribution in [0.25, 0.3) is 0 Å². The molecular formula is C13H18BrFN2O. The zero-order chi connectivity index (χ0) is 13.9. The fourth-order valence-electron chi connectivity index (χ4n) is 1.78. The summed E-state index contributed by atoms with van der Waals surface area (Å²) >= 11 is 3.33. The second-order valence-corrected chi connectivity index (χ2v) is 5.36. The Morgan fingerprint density at radius 3 is 2.50 bits per heavy atom. The van der Waals surface area contributed by atoms with Crippen LogP contribution in [0.4, 0.5) is 4.39 Å². The lowest BCUT2D eigenvalue weighted by Gasteiger charge is -2.23. The van der Waals surface area contributed by atoms with Crippen LogP contribution in [0.5, 0.6) is 0 Å². The minimum Gasteiger partial charge on any atom is -0.347 e. The molecule has 18 heavy (non-hydrogen) atoms. The van der Waals surface area contributed by atoms with Crippen molar-refractivity contribution >= 4 is 21.8 Å². The molecular weight excluding hydrogens is 299 g/mol. The lowest BCUT2D eigenvalue weighted by molar-refractivity contribution is -0.130. The maximum absolute atomic E-state index is 13.0. The lowest BCUT2D eigenvalue weighted by Crippen LogP contribution is -2.42. The van der Waals surface area contributed by atoms with Crippen LogP contribution in [0.15, 0.2) is 22.7 Å². The third-order valence-electron chi connectivity index (χ3n) is 2.74. The molecule has 0 radical (unpaired) electrons. The predicted molar refractivity (Wildman–Crippen MR) is 73.8 cm³/mol. The van der Waals surface area contributed by atoms with Crippen LogP contribution in [0, 0.1) is 5.82 Å². The zero-order valence-electron chi connectivity index (χ0n) is 11.0. The number of carbonyl (C=O) groups excluding carboxylic acids is 1. The molecule has 0 spiro atoms. The maximum atomic E-state index is 13.0. The fraction of sp³-hybridized carbons (Fsp3) is 0.462. The molecule has 5 heteroatoms. The lowest BCUT2D eigenvalue weighted by atomic mass is 10.1. The number of nitrogens with one attached hydrogen (secondary N) is 1. The van der Waals surface area contributed by atoms with Crippen molar-refractivity contribution in [2.45, 2.75) is 25.9 Å². The highest BCUT2D eigenvalue weighted by Crippen LogP contribution is 2.24. The number of likely N-dealkylation sites (N-methyl/N-ethyl adjacent to an activating group) is 1. The normalized spacial score (nSPS) is 14.1. The van der Waals surface area contributed by atoms with Gasteiger partial charge in [0.25, 0.3) is 0 Å². The van der Waals surface area contributed by atoms with Crippen molar-refractivity contribution in [1.29, 1.82) is 0 Å². The highest BCUT2D eigenvalue weighted by atomic mass is 79.9. The van der Waals surface area contributed by atoms with E-state index in [0.717, 1.165) is 5.56 Å². The Morgan fingerprint density at radius 1 is 1.39 bits per heavy atom. The number of amides is 1. The molecule has 100 valence electrons. The minimum absolute atomic E-state index is 0.0140. The summed E-state index contributed by atoms with van der Waals surface area (Å²) in [4.78, 5) is 13.3. The number of rotatable bonds is 4. The summed E-state index contributed by atoms with van der Waals surface area (Å²) in [7, 11) is 3.44. The van der Waals surface area contributed by atoms with Gasteiger partial charge >= 0.3 is 0 Å². The standard InChI is InChI=1S/C13H18BrFN2O/c1-8(16-9(2)13(18)17(3)4)11-6-5-10(15)7-12(11)14/h5-9,16H,1-4H3. The number of nitrogens with zero attached hydrogens (tertiary/aromatic N) is 1. The molecule has 1 aromatic carbocycles. The van der Waals surface area contributed by atoms with Crippen LogP contribution in [0.2, 0.25) is 0 Å². The van der Waals surface area contributed by atoms with Crippen molar-refractivity contribution in [1.82, 2.24) is 10.2 Å².